The molecule has 0 heterocycles. The maximum atomic E-state index is 11.7. The van der Waals surface area contributed by atoms with Crippen LogP contribution in [-0.4, -0.2) is 25.0 Å². The molecule has 0 atom stereocenters. The van der Waals surface area contributed by atoms with E-state index >= 15 is 0 Å². The lowest BCUT2D eigenvalue weighted by Crippen LogP contribution is -2.26. The maximum absolute atomic E-state index is 11.7. The normalized spacial score (nSPS) is 9.88. The van der Waals surface area contributed by atoms with Crippen LogP contribution in [-0.2, 0) is 11.3 Å². The van der Waals surface area contributed by atoms with Crippen LogP contribution in [0.5, 0.6) is 5.75 Å². The molecule has 1 amide bonds. The number of amides is 1. The summed E-state index contributed by atoms with van der Waals surface area (Å²) in [6, 6.07) is 5.69. The van der Waals surface area contributed by atoms with Gasteiger partial charge in [-0.1, -0.05) is 22.5 Å². The first-order valence-corrected chi connectivity index (χ1v) is 5.98. The second-order valence-electron chi connectivity index (χ2n) is 3.90. The van der Waals surface area contributed by atoms with Crippen molar-refractivity contribution in [2.45, 2.75) is 13.5 Å². The van der Waals surface area contributed by atoms with Gasteiger partial charge in [0.2, 0.25) is 5.91 Å². The molecular formula is C13H16BrNO2. The molecule has 1 rings (SSSR count). The summed E-state index contributed by atoms with van der Waals surface area (Å²) in [7, 11) is 3.37. The predicted molar refractivity (Wildman–Crippen MR) is 72.0 cm³/mol. The van der Waals surface area contributed by atoms with Crippen LogP contribution in [0, 0.1) is 0 Å². The first-order chi connectivity index (χ1) is 7.95. The van der Waals surface area contributed by atoms with E-state index < -0.39 is 0 Å². The number of rotatable bonds is 4. The summed E-state index contributed by atoms with van der Waals surface area (Å²) in [6.45, 7) is 5.87. The Morgan fingerprint density at radius 2 is 2.18 bits per heavy atom. The van der Waals surface area contributed by atoms with Crippen LogP contribution in [0.1, 0.15) is 12.5 Å². The van der Waals surface area contributed by atoms with Crippen molar-refractivity contribution in [3.63, 3.8) is 0 Å². The molecule has 0 bridgehead atoms. The number of likely N-dealkylation sites (N-methyl/N-ethyl adjacent to an activating group) is 1. The van der Waals surface area contributed by atoms with Gasteiger partial charge >= 0.3 is 0 Å². The number of methoxy groups -OCH3 is 1. The Balaban J connectivity index is 2.87. The Kier molecular flexibility index (Phi) is 4.75. The molecule has 0 fully saturated rings. The van der Waals surface area contributed by atoms with Crippen LogP contribution < -0.4 is 4.74 Å². The van der Waals surface area contributed by atoms with Crippen LogP contribution in [0.15, 0.2) is 34.8 Å². The summed E-state index contributed by atoms with van der Waals surface area (Å²) in [6.07, 6.45) is 0. The SMILES string of the molecule is C=C(C)C(=O)N(C)Cc1cc(OC)ccc1Br. The summed E-state index contributed by atoms with van der Waals surface area (Å²) < 4.78 is 6.12. The van der Waals surface area contributed by atoms with E-state index in [4.69, 9.17) is 4.74 Å². The molecule has 0 unspecified atom stereocenters. The summed E-state index contributed by atoms with van der Waals surface area (Å²) in [5, 5.41) is 0. The number of ether oxygens (including phenoxy) is 1. The molecule has 0 aliphatic heterocycles. The van der Waals surface area contributed by atoms with Gasteiger partial charge in [-0.15, -0.1) is 0 Å². The quantitative estimate of drug-likeness (QED) is 0.800. The van der Waals surface area contributed by atoms with Crippen LogP contribution >= 0.6 is 15.9 Å². The van der Waals surface area contributed by atoms with Gasteiger partial charge in [0.15, 0.2) is 0 Å². The summed E-state index contributed by atoms with van der Waals surface area (Å²) in [4.78, 5) is 13.3. The number of benzene rings is 1. The van der Waals surface area contributed by atoms with E-state index in [0.717, 1.165) is 15.8 Å². The van der Waals surface area contributed by atoms with E-state index in [2.05, 4.69) is 22.5 Å². The Morgan fingerprint density at radius 3 is 2.71 bits per heavy atom. The minimum atomic E-state index is -0.0558. The number of nitrogens with zero attached hydrogens (tertiary/aromatic N) is 1. The van der Waals surface area contributed by atoms with Crippen LogP contribution in [0.4, 0.5) is 0 Å². The van der Waals surface area contributed by atoms with E-state index in [1.807, 2.05) is 18.2 Å². The number of carbonyl (C=O) groups is 1. The second-order valence-corrected chi connectivity index (χ2v) is 4.75. The molecule has 4 heteroatoms. The van der Waals surface area contributed by atoms with E-state index in [0.29, 0.717) is 12.1 Å². The summed E-state index contributed by atoms with van der Waals surface area (Å²) in [5.41, 5.74) is 1.54. The largest absolute Gasteiger partial charge is 0.497 e. The number of hydrogen-bond donors (Lipinski definition) is 0. The molecule has 1 aromatic carbocycles. The van der Waals surface area contributed by atoms with Crippen molar-refractivity contribution in [1.29, 1.82) is 0 Å². The maximum Gasteiger partial charge on any atom is 0.248 e. The molecule has 0 spiro atoms. The van der Waals surface area contributed by atoms with Gasteiger partial charge < -0.3 is 9.64 Å². The highest BCUT2D eigenvalue weighted by Gasteiger charge is 2.11. The van der Waals surface area contributed by atoms with Gasteiger partial charge in [0.25, 0.3) is 0 Å². The lowest BCUT2D eigenvalue weighted by atomic mass is 10.2. The number of carbonyl (C=O) groups excluding carboxylic acids is 1. The Hall–Kier alpha value is -1.29. The van der Waals surface area contributed by atoms with E-state index in [1.54, 1.807) is 26.0 Å². The van der Waals surface area contributed by atoms with E-state index in [9.17, 15) is 4.79 Å². The van der Waals surface area contributed by atoms with Crippen LogP contribution in [0.3, 0.4) is 0 Å². The van der Waals surface area contributed by atoms with Gasteiger partial charge in [-0.05, 0) is 30.7 Å². The van der Waals surface area contributed by atoms with Crippen molar-refractivity contribution in [1.82, 2.24) is 4.90 Å². The van der Waals surface area contributed by atoms with Gasteiger partial charge in [0.05, 0.1) is 7.11 Å². The van der Waals surface area contributed by atoms with Crippen molar-refractivity contribution in [3.8, 4) is 5.75 Å². The van der Waals surface area contributed by atoms with E-state index in [1.165, 1.54) is 0 Å². The molecule has 0 saturated heterocycles. The van der Waals surface area contributed by atoms with Gasteiger partial charge in [0.1, 0.15) is 5.75 Å². The fourth-order valence-corrected chi connectivity index (χ4v) is 1.82. The molecule has 0 saturated carbocycles. The van der Waals surface area contributed by atoms with Gasteiger partial charge in [-0.25, -0.2) is 0 Å². The smallest absolute Gasteiger partial charge is 0.248 e. The van der Waals surface area contributed by atoms with E-state index in [-0.39, 0.29) is 5.91 Å². The average Bonchev–Trinajstić information content (AvgIpc) is 2.30. The number of halogens is 1. The predicted octanol–water partition coefficient (Wildman–Crippen LogP) is 2.99. The molecule has 3 nitrogen and oxygen atoms in total. The Labute approximate surface area is 110 Å². The van der Waals surface area contributed by atoms with Crippen molar-refractivity contribution in [2.24, 2.45) is 0 Å². The lowest BCUT2D eigenvalue weighted by molar-refractivity contribution is -0.126. The molecule has 0 aliphatic rings. The molecule has 0 N–H and O–H groups in total. The third kappa shape index (κ3) is 3.60. The highest BCUT2D eigenvalue weighted by molar-refractivity contribution is 9.10. The van der Waals surface area contributed by atoms with Crippen LogP contribution in [0.2, 0.25) is 0 Å². The third-order valence-electron chi connectivity index (χ3n) is 2.37. The molecule has 17 heavy (non-hydrogen) atoms. The first kappa shape index (κ1) is 13.8. The highest BCUT2D eigenvalue weighted by atomic mass is 79.9. The van der Waals surface area contributed by atoms with Gasteiger partial charge in [-0.3, -0.25) is 4.79 Å². The van der Waals surface area contributed by atoms with Crippen molar-refractivity contribution in [3.05, 3.63) is 40.4 Å². The third-order valence-corrected chi connectivity index (χ3v) is 3.15. The van der Waals surface area contributed by atoms with Crippen LogP contribution in [0.25, 0.3) is 0 Å². The Morgan fingerprint density at radius 1 is 1.53 bits per heavy atom. The standard InChI is InChI=1S/C13H16BrNO2/c1-9(2)13(16)15(3)8-10-7-11(17-4)5-6-12(10)14/h5-7H,1,8H2,2-4H3. The fraction of sp³-hybridized carbons (Fsp3) is 0.308. The summed E-state index contributed by atoms with van der Waals surface area (Å²) in [5.74, 6) is 0.721. The fourth-order valence-electron chi connectivity index (χ4n) is 1.45. The second kappa shape index (κ2) is 5.87. The zero-order chi connectivity index (χ0) is 13.0. The van der Waals surface area contributed by atoms with Crippen molar-refractivity contribution < 1.29 is 9.53 Å². The lowest BCUT2D eigenvalue weighted by Gasteiger charge is -2.18. The molecule has 1 aromatic rings. The topological polar surface area (TPSA) is 29.5 Å². The molecule has 92 valence electrons. The number of hydrogen-bond acceptors (Lipinski definition) is 2. The first-order valence-electron chi connectivity index (χ1n) is 5.19. The minimum absolute atomic E-state index is 0.0558. The zero-order valence-electron chi connectivity index (χ0n) is 10.3. The highest BCUT2D eigenvalue weighted by Crippen LogP contribution is 2.23. The zero-order valence-corrected chi connectivity index (χ0v) is 11.9. The molecule has 0 aliphatic carbocycles. The molecular weight excluding hydrogens is 282 g/mol. The van der Waals surface area contributed by atoms with Crippen molar-refractivity contribution >= 4 is 21.8 Å². The average molecular weight is 298 g/mol. The minimum Gasteiger partial charge on any atom is -0.497 e. The molecule has 0 aromatic heterocycles. The monoisotopic (exact) mass is 297 g/mol. The van der Waals surface area contributed by atoms with Gasteiger partial charge in [0, 0.05) is 23.6 Å². The molecule has 0 radical (unpaired) electrons. The van der Waals surface area contributed by atoms with Crippen molar-refractivity contribution in [2.75, 3.05) is 14.2 Å². The van der Waals surface area contributed by atoms with Gasteiger partial charge in [-0.2, -0.15) is 0 Å². The summed E-state index contributed by atoms with van der Waals surface area (Å²) >= 11 is 3.46. The Bertz CT molecular complexity index is 443.